The monoisotopic (exact) mass is 317 g/mol. The molecule has 2 N–H and O–H groups in total. The molecule has 0 radical (unpaired) electrons. The van der Waals surface area contributed by atoms with E-state index in [0.717, 1.165) is 6.07 Å². The first-order chi connectivity index (χ1) is 9.75. The van der Waals surface area contributed by atoms with Crippen LogP contribution in [0.4, 0.5) is 11.4 Å². The van der Waals surface area contributed by atoms with Crippen LogP contribution in [0.5, 0.6) is 0 Å². The molecule has 0 fully saturated rings. The predicted octanol–water partition coefficient (Wildman–Crippen LogP) is 1.14. The van der Waals surface area contributed by atoms with Crippen LogP contribution >= 0.6 is 0 Å². The van der Waals surface area contributed by atoms with E-state index in [9.17, 15) is 18.5 Å². The van der Waals surface area contributed by atoms with E-state index in [2.05, 4.69) is 0 Å². The van der Waals surface area contributed by atoms with Gasteiger partial charge < -0.3 is 10.5 Å². The van der Waals surface area contributed by atoms with Gasteiger partial charge in [0.1, 0.15) is 5.69 Å². The smallest absolute Gasteiger partial charge is 0.293 e. The summed E-state index contributed by atoms with van der Waals surface area (Å²) in [6, 6.07) is 2.31. The minimum atomic E-state index is -3.83. The number of likely N-dealkylation sites (N-methyl/N-ethyl adjacent to an activating group) is 1. The second kappa shape index (κ2) is 6.83. The zero-order valence-electron chi connectivity index (χ0n) is 12.2. The molecular formula is C12H19N3O5S. The van der Waals surface area contributed by atoms with Gasteiger partial charge in [0.2, 0.25) is 10.0 Å². The fraction of sp³-hybridized carbons (Fsp3) is 0.500. The molecule has 118 valence electrons. The number of hydrogen-bond acceptors (Lipinski definition) is 6. The summed E-state index contributed by atoms with van der Waals surface area (Å²) in [6.45, 7) is 3.89. The number of nitrogens with zero attached hydrogens (tertiary/aromatic N) is 2. The highest BCUT2D eigenvalue weighted by Gasteiger charge is 2.28. The highest BCUT2D eigenvalue weighted by Crippen LogP contribution is 2.29. The summed E-state index contributed by atoms with van der Waals surface area (Å²) >= 11 is 0. The number of nitrogens with two attached hydrogens (primary N) is 1. The first-order valence-corrected chi connectivity index (χ1v) is 7.73. The van der Waals surface area contributed by atoms with Crippen LogP contribution in [0.25, 0.3) is 0 Å². The minimum Gasteiger partial charge on any atom is -0.393 e. The van der Waals surface area contributed by atoms with E-state index in [1.165, 1.54) is 17.5 Å². The van der Waals surface area contributed by atoms with E-state index in [4.69, 9.17) is 10.5 Å². The van der Waals surface area contributed by atoms with Crippen molar-refractivity contribution in [3.8, 4) is 0 Å². The maximum absolute atomic E-state index is 12.6. The molecule has 1 aromatic carbocycles. The standard InChI is InChI=1S/C12H19N3O5S/c1-4-14(5-6-20-3)21(18,19)12-8-11(15(16)17)10(13)7-9(12)2/h7-8H,4-6,13H2,1-3H3. The number of rotatable bonds is 7. The average Bonchev–Trinajstić information content (AvgIpc) is 2.38. The molecule has 0 unspecified atom stereocenters. The molecule has 0 amide bonds. The number of ether oxygens (including phenoxy) is 1. The summed E-state index contributed by atoms with van der Waals surface area (Å²) in [5.74, 6) is 0. The summed E-state index contributed by atoms with van der Waals surface area (Å²) in [5.41, 5.74) is 5.45. The number of methoxy groups -OCH3 is 1. The minimum absolute atomic E-state index is 0.0589. The van der Waals surface area contributed by atoms with Crippen LogP contribution < -0.4 is 5.73 Å². The van der Waals surface area contributed by atoms with E-state index in [1.54, 1.807) is 13.8 Å². The van der Waals surface area contributed by atoms with Crippen LogP contribution in [0.15, 0.2) is 17.0 Å². The first-order valence-electron chi connectivity index (χ1n) is 6.29. The Morgan fingerprint density at radius 2 is 2.05 bits per heavy atom. The van der Waals surface area contributed by atoms with Crippen molar-refractivity contribution in [1.29, 1.82) is 0 Å². The maximum Gasteiger partial charge on any atom is 0.293 e. The van der Waals surface area contributed by atoms with Gasteiger partial charge in [0.15, 0.2) is 0 Å². The SMILES string of the molecule is CCN(CCOC)S(=O)(=O)c1cc([N+](=O)[O-])c(N)cc1C. The van der Waals surface area contributed by atoms with E-state index < -0.39 is 20.6 Å². The molecule has 9 heteroatoms. The van der Waals surface area contributed by atoms with Gasteiger partial charge in [-0.25, -0.2) is 8.42 Å². The fourth-order valence-electron chi connectivity index (χ4n) is 1.92. The molecule has 0 spiro atoms. The number of hydrogen-bond donors (Lipinski definition) is 1. The van der Waals surface area contributed by atoms with Crippen molar-refractivity contribution < 1.29 is 18.1 Å². The van der Waals surface area contributed by atoms with Gasteiger partial charge in [-0.2, -0.15) is 4.31 Å². The largest absolute Gasteiger partial charge is 0.393 e. The molecule has 21 heavy (non-hydrogen) atoms. The van der Waals surface area contributed by atoms with Crippen LogP contribution in [0.2, 0.25) is 0 Å². The zero-order valence-corrected chi connectivity index (χ0v) is 13.0. The second-order valence-electron chi connectivity index (χ2n) is 4.42. The summed E-state index contributed by atoms with van der Waals surface area (Å²) in [5, 5.41) is 10.9. The molecular weight excluding hydrogens is 298 g/mol. The Balaban J connectivity index is 3.36. The van der Waals surface area contributed by atoms with Crippen molar-refractivity contribution in [2.24, 2.45) is 0 Å². The number of benzene rings is 1. The molecule has 0 aromatic heterocycles. The first kappa shape index (κ1) is 17.3. The molecule has 0 atom stereocenters. The van der Waals surface area contributed by atoms with Gasteiger partial charge in [0.25, 0.3) is 5.69 Å². The number of nitro groups is 1. The third kappa shape index (κ3) is 3.69. The number of aryl methyl sites for hydroxylation is 1. The van der Waals surface area contributed by atoms with Gasteiger partial charge in [0.05, 0.1) is 16.4 Å². The average molecular weight is 317 g/mol. The molecule has 0 aliphatic heterocycles. The van der Waals surface area contributed by atoms with E-state index in [-0.39, 0.29) is 30.3 Å². The van der Waals surface area contributed by atoms with Gasteiger partial charge in [-0.05, 0) is 18.6 Å². The number of sulfonamides is 1. The second-order valence-corrected chi connectivity index (χ2v) is 6.33. The van der Waals surface area contributed by atoms with Crippen molar-refractivity contribution in [1.82, 2.24) is 4.31 Å². The van der Waals surface area contributed by atoms with E-state index in [1.807, 2.05) is 0 Å². The molecule has 0 aliphatic rings. The van der Waals surface area contributed by atoms with Crippen LogP contribution in [-0.4, -0.2) is 44.5 Å². The summed E-state index contributed by atoms with van der Waals surface area (Å²) in [4.78, 5) is 10.1. The highest BCUT2D eigenvalue weighted by atomic mass is 32.2. The maximum atomic E-state index is 12.6. The van der Waals surface area contributed by atoms with Crippen LogP contribution in [0.3, 0.4) is 0 Å². The Labute approximate surface area is 123 Å². The lowest BCUT2D eigenvalue weighted by Crippen LogP contribution is -2.34. The molecule has 0 aliphatic carbocycles. The van der Waals surface area contributed by atoms with E-state index in [0.29, 0.717) is 5.56 Å². The van der Waals surface area contributed by atoms with Gasteiger partial charge in [-0.1, -0.05) is 6.92 Å². The lowest BCUT2D eigenvalue weighted by Gasteiger charge is -2.21. The highest BCUT2D eigenvalue weighted by molar-refractivity contribution is 7.89. The molecule has 1 rings (SSSR count). The zero-order chi connectivity index (χ0) is 16.2. The Hall–Kier alpha value is -1.71. The lowest BCUT2D eigenvalue weighted by molar-refractivity contribution is -0.384. The van der Waals surface area contributed by atoms with Crippen LogP contribution in [0.1, 0.15) is 12.5 Å². The normalized spacial score (nSPS) is 11.8. The summed E-state index contributed by atoms with van der Waals surface area (Å²) in [7, 11) is -2.36. The third-order valence-corrected chi connectivity index (χ3v) is 5.15. The molecule has 1 aromatic rings. The van der Waals surface area contributed by atoms with Crippen LogP contribution in [-0.2, 0) is 14.8 Å². The molecule has 8 nitrogen and oxygen atoms in total. The van der Waals surface area contributed by atoms with Gasteiger partial charge in [-0.3, -0.25) is 10.1 Å². The predicted molar refractivity (Wildman–Crippen MR) is 78.6 cm³/mol. The fourth-order valence-corrected chi connectivity index (χ4v) is 3.58. The number of nitro benzene ring substituents is 1. The van der Waals surface area contributed by atoms with E-state index >= 15 is 0 Å². The molecule has 0 saturated carbocycles. The Morgan fingerprint density at radius 3 is 2.52 bits per heavy atom. The van der Waals surface area contributed by atoms with Gasteiger partial charge in [-0.15, -0.1) is 0 Å². The molecule has 0 heterocycles. The van der Waals surface area contributed by atoms with Crippen molar-refractivity contribution in [3.63, 3.8) is 0 Å². The van der Waals surface area contributed by atoms with Gasteiger partial charge in [0, 0.05) is 26.3 Å². The van der Waals surface area contributed by atoms with Crippen molar-refractivity contribution in [2.75, 3.05) is 32.5 Å². The number of anilines is 1. The Kier molecular flexibility index (Phi) is 5.64. The number of nitrogen functional groups attached to an aromatic ring is 1. The Bertz CT molecular complexity index is 630. The van der Waals surface area contributed by atoms with Crippen LogP contribution in [0, 0.1) is 17.0 Å². The Morgan fingerprint density at radius 1 is 1.43 bits per heavy atom. The van der Waals surface area contributed by atoms with Crippen molar-refractivity contribution >= 4 is 21.4 Å². The topological polar surface area (TPSA) is 116 Å². The molecule has 0 bridgehead atoms. The lowest BCUT2D eigenvalue weighted by atomic mass is 10.2. The summed E-state index contributed by atoms with van der Waals surface area (Å²) < 4.78 is 31.3. The third-order valence-electron chi connectivity index (χ3n) is 3.04. The quantitative estimate of drug-likeness (QED) is 0.458. The molecule has 0 saturated heterocycles. The summed E-state index contributed by atoms with van der Waals surface area (Å²) in [6.07, 6.45) is 0. The van der Waals surface area contributed by atoms with Crippen molar-refractivity contribution in [3.05, 3.63) is 27.8 Å². The van der Waals surface area contributed by atoms with Gasteiger partial charge >= 0.3 is 0 Å². The van der Waals surface area contributed by atoms with Crippen molar-refractivity contribution in [2.45, 2.75) is 18.7 Å².